The van der Waals surface area contributed by atoms with E-state index >= 15 is 0 Å². The Labute approximate surface area is 197 Å². The largest absolute Gasteiger partial charge is 0.378 e. The summed E-state index contributed by atoms with van der Waals surface area (Å²) in [7, 11) is 3.93. The van der Waals surface area contributed by atoms with Crippen LogP contribution in [0.2, 0.25) is 5.02 Å². The number of hydrogen-bond donors (Lipinski definition) is 2. The molecule has 0 radical (unpaired) electrons. The zero-order chi connectivity index (χ0) is 22.8. The van der Waals surface area contributed by atoms with E-state index in [2.05, 4.69) is 20.6 Å². The molecular formula is C22H19ClFN5OS2. The Morgan fingerprint density at radius 3 is 2.56 bits per heavy atom. The molecule has 0 aliphatic heterocycles. The van der Waals surface area contributed by atoms with Gasteiger partial charge in [0, 0.05) is 30.7 Å². The molecule has 0 saturated heterocycles. The minimum absolute atomic E-state index is 0.346. The van der Waals surface area contributed by atoms with Crippen molar-refractivity contribution < 1.29 is 9.18 Å². The fraction of sp³-hybridized carbons (Fsp3) is 0.136. The number of hydrogen-bond acceptors (Lipinski definition) is 7. The third-order valence-electron chi connectivity index (χ3n) is 4.57. The number of carbonyl (C=O) groups excluding carboxylic acids is 1. The number of anilines is 4. The highest BCUT2D eigenvalue weighted by molar-refractivity contribution is 7.20. The molecule has 4 aromatic rings. The number of carbonyl (C=O) groups is 1. The summed E-state index contributed by atoms with van der Waals surface area (Å²) in [5, 5.41) is 9.72. The van der Waals surface area contributed by atoms with Gasteiger partial charge in [0.05, 0.1) is 27.0 Å². The SMILES string of the molecule is Cc1nc(NC(=O)c2ccc(F)cc2)sc1-c1csc(Nc2cc(N(C)C)ccc2Cl)n1. The molecule has 2 aromatic carbocycles. The number of nitrogens with one attached hydrogen (secondary N) is 2. The molecule has 4 rings (SSSR count). The Morgan fingerprint density at radius 2 is 1.84 bits per heavy atom. The van der Waals surface area contributed by atoms with Crippen molar-refractivity contribution in [3.63, 3.8) is 0 Å². The molecule has 0 aliphatic rings. The van der Waals surface area contributed by atoms with Gasteiger partial charge in [-0.15, -0.1) is 11.3 Å². The van der Waals surface area contributed by atoms with Crippen LogP contribution in [-0.2, 0) is 0 Å². The van der Waals surface area contributed by atoms with Gasteiger partial charge in [-0.1, -0.05) is 22.9 Å². The second kappa shape index (κ2) is 9.23. The molecule has 0 fully saturated rings. The predicted octanol–water partition coefficient (Wildman–Crippen LogP) is 6.43. The molecular weight excluding hydrogens is 469 g/mol. The third-order valence-corrected chi connectivity index (χ3v) is 6.75. The number of aromatic nitrogens is 2. The summed E-state index contributed by atoms with van der Waals surface area (Å²) >= 11 is 9.13. The van der Waals surface area contributed by atoms with Gasteiger partial charge in [-0.3, -0.25) is 10.1 Å². The normalized spacial score (nSPS) is 10.8. The van der Waals surface area contributed by atoms with Crippen molar-refractivity contribution in [2.45, 2.75) is 6.92 Å². The molecule has 2 heterocycles. The van der Waals surface area contributed by atoms with Gasteiger partial charge in [-0.25, -0.2) is 14.4 Å². The molecule has 0 bridgehead atoms. The Hall–Kier alpha value is -3.01. The van der Waals surface area contributed by atoms with E-state index in [0.29, 0.717) is 20.8 Å². The topological polar surface area (TPSA) is 70.2 Å². The van der Waals surface area contributed by atoms with Crippen molar-refractivity contribution in [1.82, 2.24) is 9.97 Å². The quantitative estimate of drug-likeness (QED) is 0.328. The summed E-state index contributed by atoms with van der Waals surface area (Å²) in [4.78, 5) is 24.3. The number of halogens is 2. The first-order valence-electron chi connectivity index (χ1n) is 9.54. The summed E-state index contributed by atoms with van der Waals surface area (Å²) < 4.78 is 13.1. The van der Waals surface area contributed by atoms with Crippen LogP contribution in [0.4, 0.5) is 26.0 Å². The van der Waals surface area contributed by atoms with E-state index < -0.39 is 5.82 Å². The summed E-state index contributed by atoms with van der Waals surface area (Å²) in [6, 6.07) is 11.1. The first-order chi connectivity index (χ1) is 15.3. The average molecular weight is 488 g/mol. The van der Waals surface area contributed by atoms with E-state index in [1.165, 1.54) is 46.9 Å². The van der Waals surface area contributed by atoms with Gasteiger partial charge in [0.25, 0.3) is 5.91 Å². The summed E-state index contributed by atoms with van der Waals surface area (Å²) in [6.45, 7) is 1.86. The second-order valence-corrected chi connectivity index (χ2v) is 9.38. The number of benzene rings is 2. The molecule has 2 N–H and O–H groups in total. The summed E-state index contributed by atoms with van der Waals surface area (Å²) in [5.41, 5.74) is 3.67. The van der Waals surface area contributed by atoms with Crippen LogP contribution < -0.4 is 15.5 Å². The van der Waals surface area contributed by atoms with Crippen LogP contribution in [0.1, 0.15) is 16.1 Å². The lowest BCUT2D eigenvalue weighted by Crippen LogP contribution is -2.11. The standard InChI is InChI=1S/C22H19ClFN5OS2/c1-12-19(32-22(25-12)28-20(30)13-4-6-14(24)7-5-13)18-11-31-21(27-18)26-17-10-15(29(2)3)8-9-16(17)23/h4-11H,1-3H3,(H,26,27)(H,25,28,30). The van der Waals surface area contributed by atoms with Crippen molar-refractivity contribution in [3.05, 3.63) is 69.9 Å². The van der Waals surface area contributed by atoms with Gasteiger partial charge in [0.1, 0.15) is 5.82 Å². The smallest absolute Gasteiger partial charge is 0.257 e. The fourth-order valence-electron chi connectivity index (χ4n) is 2.90. The van der Waals surface area contributed by atoms with Crippen molar-refractivity contribution >= 4 is 61.8 Å². The molecule has 0 aliphatic carbocycles. The summed E-state index contributed by atoms with van der Waals surface area (Å²) in [6.07, 6.45) is 0. The van der Waals surface area contributed by atoms with E-state index in [-0.39, 0.29) is 5.91 Å². The zero-order valence-electron chi connectivity index (χ0n) is 17.4. The maximum Gasteiger partial charge on any atom is 0.257 e. The highest BCUT2D eigenvalue weighted by atomic mass is 35.5. The maximum absolute atomic E-state index is 13.1. The molecule has 0 atom stereocenters. The molecule has 164 valence electrons. The van der Waals surface area contributed by atoms with Crippen LogP contribution in [-0.4, -0.2) is 30.0 Å². The van der Waals surface area contributed by atoms with Crippen LogP contribution >= 0.6 is 34.3 Å². The van der Waals surface area contributed by atoms with E-state index in [1.54, 1.807) is 0 Å². The highest BCUT2D eigenvalue weighted by Gasteiger charge is 2.16. The van der Waals surface area contributed by atoms with Gasteiger partial charge < -0.3 is 10.2 Å². The van der Waals surface area contributed by atoms with Crippen molar-refractivity contribution in [2.75, 3.05) is 29.6 Å². The van der Waals surface area contributed by atoms with Crippen LogP contribution in [0.3, 0.4) is 0 Å². The molecule has 2 aromatic heterocycles. The first kappa shape index (κ1) is 22.2. The molecule has 6 nitrogen and oxygen atoms in total. The number of thiazole rings is 2. The molecule has 1 amide bonds. The van der Waals surface area contributed by atoms with Gasteiger partial charge >= 0.3 is 0 Å². The maximum atomic E-state index is 13.1. The molecule has 32 heavy (non-hydrogen) atoms. The minimum atomic E-state index is -0.392. The molecule has 0 spiro atoms. The van der Waals surface area contributed by atoms with Gasteiger partial charge in [0.15, 0.2) is 10.3 Å². The van der Waals surface area contributed by atoms with Crippen LogP contribution in [0.5, 0.6) is 0 Å². The van der Waals surface area contributed by atoms with Crippen molar-refractivity contribution in [3.8, 4) is 10.6 Å². The van der Waals surface area contributed by atoms with Crippen molar-refractivity contribution in [1.29, 1.82) is 0 Å². The van der Waals surface area contributed by atoms with E-state index in [9.17, 15) is 9.18 Å². The van der Waals surface area contributed by atoms with E-state index in [4.69, 9.17) is 11.6 Å². The van der Waals surface area contributed by atoms with Gasteiger partial charge in [0.2, 0.25) is 0 Å². The zero-order valence-corrected chi connectivity index (χ0v) is 19.8. The lowest BCUT2D eigenvalue weighted by Gasteiger charge is -2.14. The average Bonchev–Trinajstić information content (AvgIpc) is 3.36. The number of nitrogens with zero attached hydrogens (tertiary/aromatic N) is 3. The van der Waals surface area contributed by atoms with Crippen LogP contribution in [0.25, 0.3) is 10.6 Å². The minimum Gasteiger partial charge on any atom is -0.378 e. The first-order valence-corrected chi connectivity index (χ1v) is 11.6. The van der Waals surface area contributed by atoms with Gasteiger partial charge in [-0.05, 0) is 49.4 Å². The Morgan fingerprint density at radius 1 is 1.09 bits per heavy atom. The van der Waals surface area contributed by atoms with E-state index in [0.717, 1.165) is 27.6 Å². The molecule has 10 heteroatoms. The Kier molecular flexibility index (Phi) is 6.40. The fourth-order valence-corrected chi connectivity index (χ4v) is 4.77. The lowest BCUT2D eigenvalue weighted by molar-refractivity contribution is 0.102. The second-order valence-electron chi connectivity index (χ2n) is 7.12. The monoisotopic (exact) mass is 487 g/mol. The Bertz CT molecular complexity index is 1270. The number of amides is 1. The molecule has 0 saturated carbocycles. The number of aryl methyl sites for hydroxylation is 1. The van der Waals surface area contributed by atoms with Crippen molar-refractivity contribution in [2.24, 2.45) is 0 Å². The third kappa shape index (κ3) is 4.90. The summed E-state index contributed by atoms with van der Waals surface area (Å²) in [5.74, 6) is -0.738. The lowest BCUT2D eigenvalue weighted by atomic mass is 10.2. The van der Waals surface area contributed by atoms with Crippen LogP contribution in [0.15, 0.2) is 47.8 Å². The van der Waals surface area contributed by atoms with E-state index in [1.807, 2.05) is 49.5 Å². The number of rotatable bonds is 6. The molecule has 0 unspecified atom stereocenters. The van der Waals surface area contributed by atoms with Gasteiger partial charge in [-0.2, -0.15) is 0 Å². The Balaban J connectivity index is 1.51. The van der Waals surface area contributed by atoms with Crippen LogP contribution in [0, 0.1) is 12.7 Å². The predicted molar refractivity (Wildman–Crippen MR) is 131 cm³/mol. The highest BCUT2D eigenvalue weighted by Crippen LogP contribution is 2.36.